The Morgan fingerprint density at radius 3 is 2.09 bits per heavy atom. The normalized spacial score (nSPS) is 11.1. The molecule has 0 amide bonds. The van der Waals surface area contributed by atoms with Gasteiger partial charge in [0.2, 0.25) is 5.95 Å². The minimum atomic E-state index is 0.445. The van der Waals surface area contributed by atoms with E-state index in [1.165, 1.54) is 0 Å². The Labute approximate surface area is 197 Å². The molecule has 5 aromatic rings. The van der Waals surface area contributed by atoms with Crippen LogP contribution in [0.25, 0.3) is 11.0 Å². The lowest BCUT2D eigenvalue weighted by Crippen LogP contribution is -2.01. The van der Waals surface area contributed by atoms with Gasteiger partial charge in [0.25, 0.3) is 0 Å². The van der Waals surface area contributed by atoms with Crippen LogP contribution in [0.3, 0.4) is 0 Å². The number of nitrogens with one attached hydrogen (secondary N) is 2. The van der Waals surface area contributed by atoms with Crippen molar-refractivity contribution in [3.05, 3.63) is 120 Å². The van der Waals surface area contributed by atoms with Gasteiger partial charge in [0.1, 0.15) is 13.2 Å². The van der Waals surface area contributed by atoms with E-state index in [4.69, 9.17) is 9.47 Å². The van der Waals surface area contributed by atoms with Gasteiger partial charge in [0, 0.05) is 0 Å². The smallest absolute Gasteiger partial charge is 0.222 e. The van der Waals surface area contributed by atoms with Crippen LogP contribution in [0.1, 0.15) is 16.7 Å². The monoisotopic (exact) mass is 448 g/mol. The highest BCUT2D eigenvalue weighted by molar-refractivity contribution is 5.82. The standard InChI is InChI=1S/C28H24N4O2/c1-3-9-21(10-4-1)19-33-26-16-15-23(17-27(26)34-20-22-11-5-2-6-12-22)18-29-32-28-30-24-13-7-8-14-25(24)31-28/h1-18H,19-20H2,(H2,30,31,32). The number of hydrogen-bond acceptors (Lipinski definition) is 5. The minimum absolute atomic E-state index is 0.445. The zero-order valence-electron chi connectivity index (χ0n) is 18.5. The number of para-hydroxylation sites is 2. The van der Waals surface area contributed by atoms with Crippen LogP contribution in [0.2, 0.25) is 0 Å². The van der Waals surface area contributed by atoms with Crippen LogP contribution < -0.4 is 14.9 Å². The summed E-state index contributed by atoms with van der Waals surface area (Å²) in [5.74, 6) is 1.93. The van der Waals surface area contributed by atoms with Crippen LogP contribution >= 0.6 is 0 Å². The molecular weight excluding hydrogens is 424 g/mol. The minimum Gasteiger partial charge on any atom is -0.485 e. The number of rotatable bonds is 9. The molecule has 168 valence electrons. The number of benzene rings is 4. The fraction of sp³-hybridized carbons (Fsp3) is 0.0714. The Morgan fingerprint density at radius 2 is 1.38 bits per heavy atom. The summed E-state index contributed by atoms with van der Waals surface area (Å²) < 4.78 is 12.2. The summed E-state index contributed by atoms with van der Waals surface area (Å²) in [6.45, 7) is 0.907. The third-order valence-corrected chi connectivity index (χ3v) is 5.22. The van der Waals surface area contributed by atoms with Gasteiger partial charge in [-0.3, -0.25) is 0 Å². The molecule has 0 fully saturated rings. The van der Waals surface area contributed by atoms with Gasteiger partial charge in [-0.1, -0.05) is 72.8 Å². The van der Waals surface area contributed by atoms with E-state index in [2.05, 4.69) is 20.5 Å². The van der Waals surface area contributed by atoms with E-state index in [1.807, 2.05) is 103 Å². The average Bonchev–Trinajstić information content (AvgIpc) is 3.31. The predicted octanol–water partition coefficient (Wildman–Crippen LogP) is 6.17. The number of fused-ring (bicyclic) bond motifs is 1. The van der Waals surface area contributed by atoms with Crippen molar-refractivity contribution < 1.29 is 9.47 Å². The summed E-state index contributed by atoms with van der Waals surface area (Å²) in [5.41, 5.74) is 7.85. The van der Waals surface area contributed by atoms with Gasteiger partial charge in [-0.05, 0) is 47.0 Å². The zero-order chi connectivity index (χ0) is 23.0. The summed E-state index contributed by atoms with van der Waals surface area (Å²) in [4.78, 5) is 7.66. The van der Waals surface area contributed by atoms with Crippen molar-refractivity contribution in [1.29, 1.82) is 0 Å². The maximum atomic E-state index is 6.13. The van der Waals surface area contributed by atoms with Crippen molar-refractivity contribution in [2.45, 2.75) is 13.2 Å². The van der Waals surface area contributed by atoms with Crippen LogP contribution in [-0.4, -0.2) is 16.2 Å². The summed E-state index contributed by atoms with van der Waals surface area (Å²) in [7, 11) is 0. The van der Waals surface area contributed by atoms with Crippen molar-refractivity contribution in [2.24, 2.45) is 5.10 Å². The topological polar surface area (TPSA) is 71.5 Å². The van der Waals surface area contributed by atoms with E-state index in [1.54, 1.807) is 6.21 Å². The first-order valence-corrected chi connectivity index (χ1v) is 11.0. The van der Waals surface area contributed by atoms with Crippen LogP contribution in [-0.2, 0) is 13.2 Å². The van der Waals surface area contributed by atoms with Crippen molar-refractivity contribution in [3.63, 3.8) is 0 Å². The van der Waals surface area contributed by atoms with Crippen molar-refractivity contribution >= 4 is 23.2 Å². The number of anilines is 1. The summed E-state index contributed by atoms with van der Waals surface area (Å²) in [6, 6.07) is 33.7. The van der Waals surface area contributed by atoms with Gasteiger partial charge < -0.3 is 14.5 Å². The lowest BCUT2D eigenvalue weighted by Gasteiger charge is -2.14. The van der Waals surface area contributed by atoms with Crippen LogP contribution in [0.5, 0.6) is 11.5 Å². The Balaban J connectivity index is 1.31. The second kappa shape index (κ2) is 10.4. The van der Waals surface area contributed by atoms with Crippen LogP contribution in [0, 0.1) is 0 Å². The summed E-state index contributed by atoms with van der Waals surface area (Å²) in [5, 5.41) is 4.32. The van der Waals surface area contributed by atoms with Gasteiger partial charge in [0.15, 0.2) is 11.5 Å². The molecule has 2 N–H and O–H groups in total. The van der Waals surface area contributed by atoms with E-state index in [0.29, 0.717) is 30.7 Å². The number of hydrogen-bond donors (Lipinski definition) is 2. The molecular formula is C28H24N4O2. The van der Waals surface area contributed by atoms with E-state index in [0.717, 1.165) is 27.7 Å². The lowest BCUT2D eigenvalue weighted by molar-refractivity contribution is 0.256. The highest BCUT2D eigenvalue weighted by atomic mass is 16.5. The Morgan fingerprint density at radius 1 is 0.735 bits per heavy atom. The average molecular weight is 449 g/mol. The Bertz CT molecular complexity index is 1350. The molecule has 0 radical (unpaired) electrons. The first-order chi connectivity index (χ1) is 16.8. The number of aromatic nitrogens is 2. The SMILES string of the molecule is C(=NNc1nc2ccccc2[nH]1)c1ccc(OCc2ccccc2)c(OCc2ccccc2)c1. The quantitative estimate of drug-likeness (QED) is 0.209. The van der Waals surface area contributed by atoms with Crippen molar-refractivity contribution in [1.82, 2.24) is 9.97 Å². The molecule has 6 nitrogen and oxygen atoms in total. The first-order valence-electron chi connectivity index (χ1n) is 11.0. The lowest BCUT2D eigenvalue weighted by atomic mass is 10.2. The maximum Gasteiger partial charge on any atom is 0.222 e. The Kier molecular flexibility index (Phi) is 6.48. The van der Waals surface area contributed by atoms with Gasteiger partial charge in [0.05, 0.1) is 17.2 Å². The largest absolute Gasteiger partial charge is 0.485 e. The van der Waals surface area contributed by atoms with Crippen LogP contribution in [0.15, 0.2) is 108 Å². The molecule has 5 rings (SSSR count). The molecule has 0 aliphatic rings. The molecule has 4 aromatic carbocycles. The van der Waals surface area contributed by atoms with Crippen LogP contribution in [0.4, 0.5) is 5.95 Å². The fourth-order valence-corrected chi connectivity index (χ4v) is 3.48. The molecule has 0 unspecified atom stereocenters. The third-order valence-electron chi connectivity index (χ3n) is 5.22. The maximum absolute atomic E-state index is 6.13. The number of H-pyrrole nitrogens is 1. The number of nitrogens with zero attached hydrogens (tertiary/aromatic N) is 2. The third kappa shape index (κ3) is 5.42. The molecule has 1 heterocycles. The summed E-state index contributed by atoms with van der Waals surface area (Å²) in [6.07, 6.45) is 1.73. The molecule has 0 saturated carbocycles. The van der Waals surface area contributed by atoms with E-state index in [-0.39, 0.29) is 0 Å². The molecule has 0 atom stereocenters. The second-order valence-electron chi connectivity index (χ2n) is 7.73. The predicted molar refractivity (Wildman–Crippen MR) is 135 cm³/mol. The molecule has 1 aromatic heterocycles. The first kappa shape index (κ1) is 21.3. The van der Waals surface area contributed by atoms with Crippen molar-refractivity contribution in [3.8, 4) is 11.5 Å². The fourth-order valence-electron chi connectivity index (χ4n) is 3.48. The van der Waals surface area contributed by atoms with Gasteiger partial charge in [-0.25, -0.2) is 10.4 Å². The van der Waals surface area contributed by atoms with Gasteiger partial charge in [-0.2, -0.15) is 5.10 Å². The van der Waals surface area contributed by atoms with Crippen molar-refractivity contribution in [2.75, 3.05) is 5.43 Å². The number of aromatic amines is 1. The number of imidazole rings is 1. The molecule has 0 aliphatic heterocycles. The number of ether oxygens (including phenoxy) is 2. The highest BCUT2D eigenvalue weighted by Crippen LogP contribution is 2.30. The highest BCUT2D eigenvalue weighted by Gasteiger charge is 2.08. The number of hydrazone groups is 1. The molecule has 0 bridgehead atoms. The Hall–Kier alpha value is -4.58. The molecule has 0 saturated heterocycles. The summed E-state index contributed by atoms with van der Waals surface area (Å²) >= 11 is 0. The molecule has 0 spiro atoms. The van der Waals surface area contributed by atoms with E-state index < -0.39 is 0 Å². The van der Waals surface area contributed by atoms with Gasteiger partial charge in [-0.15, -0.1) is 0 Å². The second-order valence-corrected chi connectivity index (χ2v) is 7.73. The molecule has 6 heteroatoms. The molecule has 0 aliphatic carbocycles. The van der Waals surface area contributed by atoms with E-state index in [9.17, 15) is 0 Å². The van der Waals surface area contributed by atoms with Gasteiger partial charge >= 0.3 is 0 Å². The zero-order valence-corrected chi connectivity index (χ0v) is 18.5. The molecule has 34 heavy (non-hydrogen) atoms. The van der Waals surface area contributed by atoms with E-state index >= 15 is 0 Å².